The van der Waals surface area contributed by atoms with Crippen LogP contribution in [-0.4, -0.2) is 30.2 Å². The number of urea groups is 1. The Morgan fingerprint density at radius 3 is 2.40 bits per heavy atom. The van der Waals surface area contributed by atoms with Gasteiger partial charge in [-0.15, -0.1) is 11.3 Å². The number of ether oxygens (including phenoxy) is 3. The summed E-state index contributed by atoms with van der Waals surface area (Å²) >= 11 is 1.31. The highest BCUT2D eigenvalue weighted by atomic mass is 32.1. The molecule has 0 fully saturated rings. The molecule has 2 aromatic carbocycles. The molecule has 0 aliphatic carbocycles. The van der Waals surface area contributed by atoms with Gasteiger partial charge in [0.05, 0.1) is 31.1 Å². The van der Waals surface area contributed by atoms with E-state index in [1.165, 1.54) is 30.6 Å². The second-order valence-electron chi connectivity index (χ2n) is 8.64. The van der Waals surface area contributed by atoms with Gasteiger partial charge in [0.2, 0.25) is 0 Å². The molecule has 0 radical (unpaired) electrons. The van der Waals surface area contributed by atoms with Crippen molar-refractivity contribution in [3.63, 3.8) is 0 Å². The quantitative estimate of drug-likeness (QED) is 0.313. The van der Waals surface area contributed by atoms with Crippen molar-refractivity contribution in [1.82, 2.24) is 9.97 Å². The number of hydrogen-bond donors (Lipinski definition) is 2. The number of carbonyl (C=O) groups excluding carboxylic acids is 1. The second kappa shape index (κ2) is 9.75. The van der Waals surface area contributed by atoms with Crippen molar-refractivity contribution in [2.24, 2.45) is 0 Å². The van der Waals surface area contributed by atoms with Crippen LogP contribution in [0.25, 0.3) is 10.9 Å². The van der Waals surface area contributed by atoms with Gasteiger partial charge in [-0.2, -0.15) is 0 Å². The molecule has 35 heavy (non-hydrogen) atoms. The molecule has 2 heterocycles. The molecule has 10 heteroatoms. The van der Waals surface area contributed by atoms with Gasteiger partial charge in [-0.3, -0.25) is 10.3 Å². The zero-order chi connectivity index (χ0) is 25.2. The maximum absolute atomic E-state index is 14.8. The largest absolute Gasteiger partial charge is 0.493 e. The minimum Gasteiger partial charge on any atom is -0.493 e. The highest BCUT2D eigenvalue weighted by Crippen LogP contribution is 2.37. The van der Waals surface area contributed by atoms with E-state index >= 15 is 0 Å². The summed E-state index contributed by atoms with van der Waals surface area (Å²) in [5.41, 5.74) is 1.37. The van der Waals surface area contributed by atoms with Gasteiger partial charge >= 0.3 is 6.03 Å². The second-order valence-corrected chi connectivity index (χ2v) is 9.50. The number of amides is 2. The van der Waals surface area contributed by atoms with Gasteiger partial charge in [-0.05, 0) is 24.3 Å². The number of hydrogen-bond acceptors (Lipinski definition) is 7. The third-order valence-corrected chi connectivity index (χ3v) is 5.87. The molecule has 0 unspecified atom stereocenters. The van der Waals surface area contributed by atoms with Crippen molar-refractivity contribution in [1.29, 1.82) is 0 Å². The van der Waals surface area contributed by atoms with Crippen LogP contribution in [0.3, 0.4) is 0 Å². The van der Waals surface area contributed by atoms with Crippen LogP contribution in [0.1, 0.15) is 26.5 Å². The van der Waals surface area contributed by atoms with E-state index in [2.05, 4.69) is 20.6 Å². The third kappa shape index (κ3) is 5.43. The lowest BCUT2D eigenvalue weighted by Gasteiger charge is -2.14. The summed E-state index contributed by atoms with van der Waals surface area (Å²) in [6.07, 6.45) is 1.59. The SMILES string of the molecule is COc1cc2nccc(Oc3ccc(NC(=O)Nc4nc(C(C)(C)C)cs4)c(F)c3)c2cc1OC. The Bertz CT molecular complexity index is 1380. The number of fused-ring (bicyclic) bond motifs is 1. The summed E-state index contributed by atoms with van der Waals surface area (Å²) in [5, 5.41) is 8.13. The summed E-state index contributed by atoms with van der Waals surface area (Å²) in [7, 11) is 3.08. The number of nitrogens with one attached hydrogen (secondary N) is 2. The van der Waals surface area contributed by atoms with Crippen LogP contribution in [0.5, 0.6) is 23.0 Å². The van der Waals surface area contributed by atoms with Gasteiger partial charge in [-0.25, -0.2) is 14.2 Å². The maximum atomic E-state index is 14.8. The van der Waals surface area contributed by atoms with Gasteiger partial charge in [0.25, 0.3) is 0 Å². The predicted molar refractivity (Wildman–Crippen MR) is 135 cm³/mol. The molecule has 2 aromatic heterocycles. The number of nitrogens with zero attached hydrogens (tertiary/aromatic N) is 2. The highest BCUT2D eigenvalue weighted by Gasteiger charge is 2.19. The summed E-state index contributed by atoms with van der Waals surface area (Å²) in [5.74, 6) is 1.13. The van der Waals surface area contributed by atoms with Crippen LogP contribution in [0.4, 0.5) is 20.0 Å². The topological polar surface area (TPSA) is 94.6 Å². The first-order valence-electron chi connectivity index (χ1n) is 10.7. The van der Waals surface area contributed by atoms with Crippen LogP contribution in [-0.2, 0) is 5.41 Å². The van der Waals surface area contributed by atoms with Gasteiger partial charge in [0, 0.05) is 34.5 Å². The molecule has 0 atom stereocenters. The number of halogens is 1. The Labute approximate surface area is 206 Å². The Hall–Kier alpha value is -3.92. The minimum absolute atomic E-state index is 0.00782. The Morgan fingerprint density at radius 2 is 1.74 bits per heavy atom. The van der Waals surface area contributed by atoms with Crippen LogP contribution in [0.2, 0.25) is 0 Å². The van der Waals surface area contributed by atoms with Gasteiger partial charge < -0.3 is 19.5 Å². The van der Waals surface area contributed by atoms with Crippen molar-refractivity contribution < 1.29 is 23.4 Å². The number of pyridine rings is 1. The Balaban J connectivity index is 1.49. The summed E-state index contributed by atoms with van der Waals surface area (Å²) < 4.78 is 31.4. The molecule has 2 N–H and O–H groups in total. The monoisotopic (exact) mass is 496 g/mol. The predicted octanol–water partition coefficient (Wildman–Crippen LogP) is 6.58. The van der Waals surface area contributed by atoms with Crippen LogP contribution in [0, 0.1) is 5.82 Å². The number of benzene rings is 2. The van der Waals surface area contributed by atoms with Crippen molar-refractivity contribution >= 4 is 39.1 Å². The van der Waals surface area contributed by atoms with Gasteiger partial charge in [0.1, 0.15) is 17.3 Å². The van der Waals surface area contributed by atoms with E-state index in [0.29, 0.717) is 33.3 Å². The smallest absolute Gasteiger partial charge is 0.325 e. The highest BCUT2D eigenvalue weighted by molar-refractivity contribution is 7.14. The number of rotatable bonds is 6. The molecule has 8 nitrogen and oxygen atoms in total. The van der Waals surface area contributed by atoms with E-state index in [-0.39, 0.29) is 16.9 Å². The summed E-state index contributed by atoms with van der Waals surface area (Å²) in [6, 6.07) is 8.76. The molecule has 0 saturated heterocycles. The first-order valence-corrected chi connectivity index (χ1v) is 11.6. The number of anilines is 2. The normalized spacial score (nSPS) is 11.3. The average molecular weight is 497 g/mol. The zero-order valence-electron chi connectivity index (χ0n) is 19.9. The average Bonchev–Trinajstić information content (AvgIpc) is 3.29. The number of thiazole rings is 1. The number of aromatic nitrogens is 2. The third-order valence-electron chi connectivity index (χ3n) is 5.12. The molecule has 4 rings (SSSR count). The maximum Gasteiger partial charge on any atom is 0.325 e. The lowest BCUT2D eigenvalue weighted by Crippen LogP contribution is -2.20. The molecule has 0 aliphatic rings. The van der Waals surface area contributed by atoms with E-state index in [1.54, 1.807) is 37.6 Å². The van der Waals surface area contributed by atoms with E-state index in [1.807, 2.05) is 26.2 Å². The van der Waals surface area contributed by atoms with Gasteiger partial charge in [0.15, 0.2) is 16.6 Å². The standard InChI is InChI=1S/C25H25FN4O4S/c1-25(2,3)22-13-35-24(29-22)30-23(31)28-17-7-6-14(10-16(17)26)34-19-8-9-27-18-12-21(33-5)20(32-4)11-15(18)19/h6-13H,1-5H3,(H2,28,29,30,31). The fourth-order valence-corrected chi connectivity index (χ4v) is 4.18. The first kappa shape index (κ1) is 24.2. The van der Waals surface area contributed by atoms with Crippen molar-refractivity contribution in [3.8, 4) is 23.0 Å². The number of methoxy groups -OCH3 is 2. The molecular weight excluding hydrogens is 471 g/mol. The lowest BCUT2D eigenvalue weighted by atomic mass is 9.93. The molecule has 0 saturated carbocycles. The van der Waals surface area contributed by atoms with Crippen molar-refractivity contribution in [2.75, 3.05) is 24.9 Å². The van der Waals surface area contributed by atoms with Crippen molar-refractivity contribution in [2.45, 2.75) is 26.2 Å². The van der Waals surface area contributed by atoms with Crippen LogP contribution < -0.4 is 24.8 Å². The lowest BCUT2D eigenvalue weighted by molar-refractivity contribution is 0.262. The van der Waals surface area contributed by atoms with E-state index in [9.17, 15) is 9.18 Å². The van der Waals surface area contributed by atoms with Gasteiger partial charge in [-0.1, -0.05) is 20.8 Å². The molecule has 2 amide bonds. The molecule has 182 valence electrons. The zero-order valence-corrected chi connectivity index (χ0v) is 20.7. The fraction of sp³-hybridized carbons (Fsp3) is 0.240. The van der Waals surface area contributed by atoms with Crippen LogP contribution in [0.15, 0.2) is 48.0 Å². The Kier molecular flexibility index (Phi) is 6.74. The molecule has 0 bridgehead atoms. The van der Waals surface area contributed by atoms with E-state index in [0.717, 1.165) is 5.69 Å². The van der Waals surface area contributed by atoms with Crippen molar-refractivity contribution in [3.05, 3.63) is 59.5 Å². The molecule has 0 spiro atoms. The number of carbonyl (C=O) groups is 1. The summed E-state index contributed by atoms with van der Waals surface area (Å²) in [4.78, 5) is 21.1. The molecular formula is C25H25FN4O4S. The Morgan fingerprint density at radius 1 is 1.00 bits per heavy atom. The molecule has 0 aliphatic heterocycles. The van der Waals surface area contributed by atoms with E-state index in [4.69, 9.17) is 14.2 Å². The first-order chi connectivity index (χ1) is 16.7. The van der Waals surface area contributed by atoms with Crippen LogP contribution >= 0.6 is 11.3 Å². The fourth-order valence-electron chi connectivity index (χ4n) is 3.25. The molecule has 4 aromatic rings. The van der Waals surface area contributed by atoms with E-state index < -0.39 is 11.8 Å². The minimum atomic E-state index is -0.648. The summed E-state index contributed by atoms with van der Waals surface area (Å²) in [6.45, 7) is 6.10.